The molecule has 5 nitrogen and oxygen atoms in total. The van der Waals surface area contributed by atoms with Gasteiger partial charge in [-0.25, -0.2) is 9.97 Å². The van der Waals surface area contributed by atoms with Crippen LogP contribution in [0.3, 0.4) is 0 Å². The molecule has 0 saturated heterocycles. The molecule has 3 rings (SSSR count). The molecule has 0 amide bonds. The summed E-state index contributed by atoms with van der Waals surface area (Å²) in [6.07, 6.45) is 3.52. The van der Waals surface area contributed by atoms with Crippen LogP contribution in [0.1, 0.15) is 11.3 Å². The largest absolute Gasteiger partial charge is 0.497 e. The highest BCUT2D eigenvalue weighted by Crippen LogP contribution is 2.25. The summed E-state index contributed by atoms with van der Waals surface area (Å²) in [6.45, 7) is 0. The molecule has 0 saturated carbocycles. The summed E-state index contributed by atoms with van der Waals surface area (Å²) in [5.74, 6) is 7.20. The number of fused-ring (bicyclic) bond motifs is 1. The Morgan fingerprint density at radius 2 is 2.14 bits per heavy atom. The molecule has 0 aliphatic heterocycles. The van der Waals surface area contributed by atoms with Gasteiger partial charge < -0.3 is 15.0 Å². The Balaban J connectivity index is 2.12. The Labute approximate surface area is 136 Å². The number of hydrogen-bond donors (Lipinski definition) is 1. The molecule has 0 aliphatic carbocycles. The molecule has 0 aliphatic rings. The number of methoxy groups -OCH3 is 1. The lowest BCUT2D eigenvalue weighted by Crippen LogP contribution is -1.97. The molecular weight excluding hydrogens is 344 g/mol. The van der Waals surface area contributed by atoms with E-state index in [1.807, 2.05) is 36.0 Å². The first-order chi connectivity index (χ1) is 10.6. The van der Waals surface area contributed by atoms with Gasteiger partial charge in [0, 0.05) is 24.1 Å². The molecule has 0 spiro atoms. The lowest BCUT2D eigenvalue weighted by molar-refractivity contribution is 0.415. The third kappa shape index (κ3) is 2.63. The first-order valence-electron chi connectivity index (χ1n) is 6.51. The van der Waals surface area contributed by atoms with Crippen LogP contribution < -0.4 is 10.5 Å². The quantitative estimate of drug-likeness (QED) is 0.680. The average molecular weight is 357 g/mol. The van der Waals surface area contributed by atoms with Gasteiger partial charge in [0.1, 0.15) is 10.4 Å². The number of ether oxygens (including phenoxy) is 1. The summed E-state index contributed by atoms with van der Waals surface area (Å²) in [5, 5.41) is 1.02. The SMILES string of the molecule is COc1ccc2c(c1)c(C#Cc1nc(Br)cnc1N)cn2C. The minimum absolute atomic E-state index is 0.313. The van der Waals surface area contributed by atoms with Gasteiger partial charge in [0.05, 0.1) is 18.9 Å². The fourth-order valence-corrected chi connectivity index (χ4v) is 2.47. The molecule has 2 heterocycles. The lowest BCUT2D eigenvalue weighted by atomic mass is 10.1. The van der Waals surface area contributed by atoms with Crippen LogP contribution in [0.4, 0.5) is 5.82 Å². The van der Waals surface area contributed by atoms with Gasteiger partial charge in [0.2, 0.25) is 0 Å². The highest BCUT2D eigenvalue weighted by Gasteiger charge is 2.06. The number of halogens is 1. The molecule has 3 aromatic rings. The molecule has 0 atom stereocenters. The third-order valence-corrected chi connectivity index (χ3v) is 3.67. The smallest absolute Gasteiger partial charge is 0.158 e. The number of benzene rings is 1. The molecule has 2 N–H and O–H groups in total. The van der Waals surface area contributed by atoms with Crippen LogP contribution in [0.25, 0.3) is 10.9 Å². The fraction of sp³-hybridized carbons (Fsp3) is 0.125. The number of nitrogens with zero attached hydrogens (tertiary/aromatic N) is 3. The topological polar surface area (TPSA) is 66.0 Å². The Bertz CT molecular complexity index is 921. The molecule has 6 heteroatoms. The standard InChI is InChI=1S/C16H13BrN4O/c1-21-9-10(12-7-11(22-2)4-6-14(12)21)3-5-13-16(18)19-8-15(17)20-13/h4,6-9H,1-2H3,(H2,18,19). The van der Waals surface area contributed by atoms with Crippen molar-refractivity contribution in [1.29, 1.82) is 0 Å². The van der Waals surface area contributed by atoms with Crippen molar-refractivity contribution in [3.63, 3.8) is 0 Å². The predicted molar refractivity (Wildman–Crippen MR) is 89.6 cm³/mol. The number of aryl methyl sites for hydroxylation is 1. The summed E-state index contributed by atoms with van der Waals surface area (Å²) in [6, 6.07) is 5.90. The second-order valence-electron chi connectivity index (χ2n) is 4.71. The van der Waals surface area contributed by atoms with E-state index in [2.05, 4.69) is 37.7 Å². The monoisotopic (exact) mass is 356 g/mol. The maximum atomic E-state index is 5.79. The Hall–Kier alpha value is -2.52. The maximum absolute atomic E-state index is 5.79. The molecule has 2 aromatic heterocycles. The van der Waals surface area contributed by atoms with Crippen molar-refractivity contribution >= 4 is 32.7 Å². The van der Waals surface area contributed by atoms with Crippen LogP contribution >= 0.6 is 15.9 Å². The van der Waals surface area contributed by atoms with Crippen molar-refractivity contribution < 1.29 is 4.74 Å². The van der Waals surface area contributed by atoms with Crippen molar-refractivity contribution in [3.05, 3.63) is 46.5 Å². The normalized spacial score (nSPS) is 10.3. The number of nitrogens with two attached hydrogens (primary N) is 1. The Morgan fingerprint density at radius 1 is 1.32 bits per heavy atom. The summed E-state index contributed by atoms with van der Waals surface area (Å²) in [5.41, 5.74) is 8.22. The highest BCUT2D eigenvalue weighted by atomic mass is 79.9. The molecular formula is C16H13BrN4O. The number of nitrogen functional groups attached to an aromatic ring is 1. The Kier molecular flexibility index (Phi) is 3.73. The number of aromatic nitrogens is 3. The van der Waals surface area contributed by atoms with Gasteiger partial charge in [-0.1, -0.05) is 5.92 Å². The number of anilines is 1. The Morgan fingerprint density at radius 3 is 2.91 bits per heavy atom. The summed E-state index contributed by atoms with van der Waals surface area (Å²) in [4.78, 5) is 8.26. The average Bonchev–Trinajstić information content (AvgIpc) is 2.84. The molecule has 22 heavy (non-hydrogen) atoms. The summed E-state index contributed by atoms with van der Waals surface area (Å²) >= 11 is 3.27. The zero-order chi connectivity index (χ0) is 15.7. The lowest BCUT2D eigenvalue weighted by Gasteiger charge is -2.00. The van der Waals surface area contributed by atoms with Crippen molar-refractivity contribution in [3.8, 4) is 17.6 Å². The van der Waals surface area contributed by atoms with E-state index < -0.39 is 0 Å². The van der Waals surface area contributed by atoms with Gasteiger partial charge in [-0.15, -0.1) is 0 Å². The van der Waals surface area contributed by atoms with Gasteiger partial charge in [0.25, 0.3) is 0 Å². The molecule has 0 radical (unpaired) electrons. The first kappa shape index (κ1) is 14.4. The van der Waals surface area contributed by atoms with Crippen LogP contribution in [0.15, 0.2) is 35.2 Å². The minimum atomic E-state index is 0.313. The van der Waals surface area contributed by atoms with Gasteiger partial charge in [-0.05, 0) is 40.0 Å². The molecule has 1 aromatic carbocycles. The molecule has 0 bridgehead atoms. The minimum Gasteiger partial charge on any atom is -0.497 e. The van der Waals surface area contributed by atoms with Crippen LogP contribution in [-0.4, -0.2) is 21.6 Å². The van der Waals surface area contributed by atoms with E-state index in [9.17, 15) is 0 Å². The van der Waals surface area contributed by atoms with Crippen molar-refractivity contribution in [2.75, 3.05) is 12.8 Å². The van der Waals surface area contributed by atoms with Crippen molar-refractivity contribution in [2.24, 2.45) is 7.05 Å². The molecule has 110 valence electrons. The summed E-state index contributed by atoms with van der Waals surface area (Å²) in [7, 11) is 3.63. The van der Waals surface area contributed by atoms with E-state index in [1.165, 1.54) is 0 Å². The van der Waals surface area contributed by atoms with Gasteiger partial charge >= 0.3 is 0 Å². The van der Waals surface area contributed by atoms with E-state index in [1.54, 1.807) is 13.3 Å². The second kappa shape index (κ2) is 5.70. The third-order valence-electron chi connectivity index (χ3n) is 3.28. The zero-order valence-electron chi connectivity index (χ0n) is 12.1. The fourth-order valence-electron chi connectivity index (χ4n) is 2.19. The highest BCUT2D eigenvalue weighted by molar-refractivity contribution is 9.10. The van der Waals surface area contributed by atoms with Gasteiger partial charge in [-0.3, -0.25) is 0 Å². The van der Waals surface area contributed by atoms with Crippen LogP contribution in [0.2, 0.25) is 0 Å². The van der Waals surface area contributed by atoms with Gasteiger partial charge in [0.15, 0.2) is 11.5 Å². The van der Waals surface area contributed by atoms with Gasteiger partial charge in [-0.2, -0.15) is 0 Å². The van der Waals surface area contributed by atoms with E-state index in [4.69, 9.17) is 10.5 Å². The maximum Gasteiger partial charge on any atom is 0.158 e. The molecule has 0 unspecified atom stereocenters. The number of hydrogen-bond acceptors (Lipinski definition) is 4. The number of rotatable bonds is 1. The van der Waals surface area contributed by atoms with E-state index in [0.29, 0.717) is 16.1 Å². The van der Waals surface area contributed by atoms with Crippen LogP contribution in [0, 0.1) is 11.8 Å². The van der Waals surface area contributed by atoms with Crippen molar-refractivity contribution in [2.45, 2.75) is 0 Å². The van der Waals surface area contributed by atoms with Crippen LogP contribution in [0.5, 0.6) is 5.75 Å². The van der Waals surface area contributed by atoms with Crippen molar-refractivity contribution in [1.82, 2.24) is 14.5 Å². The van der Waals surface area contributed by atoms with E-state index >= 15 is 0 Å². The summed E-state index contributed by atoms with van der Waals surface area (Å²) < 4.78 is 7.90. The van der Waals surface area contributed by atoms with E-state index in [-0.39, 0.29) is 0 Å². The van der Waals surface area contributed by atoms with Crippen LogP contribution in [-0.2, 0) is 7.05 Å². The van der Waals surface area contributed by atoms with E-state index in [0.717, 1.165) is 22.2 Å². The zero-order valence-corrected chi connectivity index (χ0v) is 13.7. The first-order valence-corrected chi connectivity index (χ1v) is 7.31. The molecule has 0 fully saturated rings. The second-order valence-corrected chi connectivity index (χ2v) is 5.53. The predicted octanol–water partition coefficient (Wildman–Crippen LogP) is 2.72.